The van der Waals surface area contributed by atoms with Gasteiger partial charge in [0.25, 0.3) is 0 Å². The number of rotatable bonds is 3. The molecule has 2 nitrogen and oxygen atoms in total. The normalized spacial score (nSPS) is 23.4. The van der Waals surface area contributed by atoms with Crippen molar-refractivity contribution in [3.05, 3.63) is 0 Å². The number of ether oxygens (including phenoxy) is 2. The van der Waals surface area contributed by atoms with E-state index >= 15 is 0 Å². The zero-order valence-corrected chi connectivity index (χ0v) is 8.39. The SMILES string of the molecule is CCCC1(CI)OCCO1. The maximum absolute atomic E-state index is 5.50. The van der Waals surface area contributed by atoms with Crippen LogP contribution in [0.3, 0.4) is 0 Å². The third kappa shape index (κ3) is 1.83. The molecule has 0 amide bonds. The van der Waals surface area contributed by atoms with Crippen LogP contribution in [0.2, 0.25) is 0 Å². The number of halogens is 1. The van der Waals surface area contributed by atoms with Crippen molar-refractivity contribution in [3.8, 4) is 0 Å². The lowest BCUT2D eigenvalue weighted by Crippen LogP contribution is -2.31. The topological polar surface area (TPSA) is 18.5 Å². The highest BCUT2D eigenvalue weighted by atomic mass is 127. The minimum atomic E-state index is -0.227. The molecule has 1 aliphatic heterocycles. The summed E-state index contributed by atoms with van der Waals surface area (Å²) >= 11 is 2.32. The second-order valence-electron chi connectivity index (χ2n) is 2.49. The molecule has 1 fully saturated rings. The van der Waals surface area contributed by atoms with Gasteiger partial charge in [-0.1, -0.05) is 35.9 Å². The van der Waals surface area contributed by atoms with Crippen LogP contribution < -0.4 is 0 Å². The van der Waals surface area contributed by atoms with Crippen molar-refractivity contribution in [3.63, 3.8) is 0 Å². The molecular weight excluding hydrogens is 243 g/mol. The van der Waals surface area contributed by atoms with Crippen LogP contribution in [0.15, 0.2) is 0 Å². The zero-order valence-electron chi connectivity index (χ0n) is 6.23. The maximum Gasteiger partial charge on any atom is 0.177 e. The number of hydrogen-bond donors (Lipinski definition) is 0. The van der Waals surface area contributed by atoms with E-state index in [9.17, 15) is 0 Å². The lowest BCUT2D eigenvalue weighted by molar-refractivity contribution is -0.140. The molecule has 0 radical (unpaired) electrons. The molecule has 10 heavy (non-hydrogen) atoms. The Morgan fingerprint density at radius 2 is 2.00 bits per heavy atom. The fraction of sp³-hybridized carbons (Fsp3) is 1.00. The van der Waals surface area contributed by atoms with Gasteiger partial charge in [-0.3, -0.25) is 0 Å². The molecule has 1 saturated heterocycles. The van der Waals surface area contributed by atoms with E-state index in [0.717, 1.165) is 30.5 Å². The second kappa shape index (κ2) is 3.88. The van der Waals surface area contributed by atoms with Crippen molar-refractivity contribution in [2.75, 3.05) is 17.6 Å². The van der Waals surface area contributed by atoms with Gasteiger partial charge in [0.1, 0.15) is 0 Å². The molecule has 1 aliphatic rings. The van der Waals surface area contributed by atoms with Crippen LogP contribution in [0.5, 0.6) is 0 Å². The number of hydrogen-bond acceptors (Lipinski definition) is 2. The largest absolute Gasteiger partial charge is 0.347 e. The van der Waals surface area contributed by atoms with E-state index in [0.29, 0.717) is 0 Å². The fourth-order valence-electron chi connectivity index (χ4n) is 1.17. The van der Waals surface area contributed by atoms with Crippen molar-refractivity contribution >= 4 is 22.6 Å². The van der Waals surface area contributed by atoms with Crippen molar-refractivity contribution < 1.29 is 9.47 Å². The van der Waals surface area contributed by atoms with Gasteiger partial charge in [0.05, 0.1) is 17.6 Å². The smallest absolute Gasteiger partial charge is 0.177 e. The summed E-state index contributed by atoms with van der Waals surface area (Å²) in [6.07, 6.45) is 2.15. The average Bonchev–Trinajstić information content (AvgIpc) is 2.39. The summed E-state index contributed by atoms with van der Waals surface area (Å²) in [5.74, 6) is -0.227. The summed E-state index contributed by atoms with van der Waals surface area (Å²) in [7, 11) is 0. The molecule has 3 heteroatoms. The predicted molar refractivity (Wildman–Crippen MR) is 48.4 cm³/mol. The summed E-state index contributed by atoms with van der Waals surface area (Å²) in [4.78, 5) is 0. The molecule has 0 aromatic rings. The molecule has 0 aromatic carbocycles. The van der Waals surface area contributed by atoms with Crippen molar-refractivity contribution in [1.29, 1.82) is 0 Å². The monoisotopic (exact) mass is 256 g/mol. The van der Waals surface area contributed by atoms with Gasteiger partial charge in [-0.05, 0) is 0 Å². The lowest BCUT2D eigenvalue weighted by atomic mass is 10.2. The van der Waals surface area contributed by atoms with Crippen LogP contribution in [0, 0.1) is 0 Å². The quantitative estimate of drug-likeness (QED) is 0.567. The van der Waals surface area contributed by atoms with E-state index in [4.69, 9.17) is 9.47 Å². The summed E-state index contributed by atoms with van der Waals surface area (Å²) < 4.78 is 11.9. The Bertz CT molecular complexity index is 99.8. The van der Waals surface area contributed by atoms with E-state index in [1.807, 2.05) is 0 Å². The summed E-state index contributed by atoms with van der Waals surface area (Å²) in [5.41, 5.74) is 0. The van der Waals surface area contributed by atoms with E-state index in [1.54, 1.807) is 0 Å². The first-order valence-electron chi connectivity index (χ1n) is 3.67. The van der Waals surface area contributed by atoms with Gasteiger partial charge in [0.15, 0.2) is 5.79 Å². The maximum atomic E-state index is 5.50. The molecule has 0 spiro atoms. The molecule has 0 saturated carbocycles. The van der Waals surface area contributed by atoms with Crippen LogP contribution in [-0.2, 0) is 9.47 Å². The third-order valence-corrected chi connectivity index (χ3v) is 2.81. The second-order valence-corrected chi connectivity index (χ2v) is 3.25. The van der Waals surface area contributed by atoms with Gasteiger partial charge >= 0.3 is 0 Å². The van der Waals surface area contributed by atoms with Crippen LogP contribution in [0.4, 0.5) is 0 Å². The van der Waals surface area contributed by atoms with E-state index < -0.39 is 0 Å². The van der Waals surface area contributed by atoms with Gasteiger partial charge in [0.2, 0.25) is 0 Å². The molecule has 1 rings (SSSR count). The van der Waals surface area contributed by atoms with Crippen molar-refractivity contribution in [2.24, 2.45) is 0 Å². The number of alkyl halides is 1. The highest BCUT2D eigenvalue weighted by molar-refractivity contribution is 14.1. The Balaban J connectivity index is 2.41. The van der Waals surface area contributed by atoms with Crippen LogP contribution in [0.25, 0.3) is 0 Å². The minimum Gasteiger partial charge on any atom is -0.347 e. The van der Waals surface area contributed by atoms with Gasteiger partial charge in [-0.25, -0.2) is 0 Å². The third-order valence-electron chi connectivity index (χ3n) is 1.65. The van der Waals surface area contributed by atoms with Crippen molar-refractivity contribution in [2.45, 2.75) is 25.6 Å². The van der Waals surface area contributed by atoms with Gasteiger partial charge < -0.3 is 9.47 Å². The Morgan fingerprint density at radius 3 is 2.40 bits per heavy atom. The lowest BCUT2D eigenvalue weighted by Gasteiger charge is -2.23. The fourth-order valence-corrected chi connectivity index (χ4v) is 1.99. The Kier molecular flexibility index (Phi) is 3.39. The first kappa shape index (κ1) is 8.74. The van der Waals surface area contributed by atoms with Crippen LogP contribution in [-0.4, -0.2) is 23.4 Å². The Labute approximate surface area is 75.4 Å². The van der Waals surface area contributed by atoms with E-state index in [1.165, 1.54) is 0 Å². The first-order valence-corrected chi connectivity index (χ1v) is 5.19. The minimum absolute atomic E-state index is 0.227. The van der Waals surface area contributed by atoms with Gasteiger partial charge in [-0.2, -0.15) is 0 Å². The Hall–Kier alpha value is 0.650. The Morgan fingerprint density at radius 1 is 1.40 bits per heavy atom. The molecular formula is C7H13IO2. The molecule has 0 aromatic heterocycles. The summed E-state index contributed by atoms with van der Waals surface area (Å²) in [6.45, 7) is 3.69. The first-order chi connectivity index (χ1) is 4.83. The van der Waals surface area contributed by atoms with E-state index in [2.05, 4.69) is 29.5 Å². The van der Waals surface area contributed by atoms with Crippen molar-refractivity contribution in [1.82, 2.24) is 0 Å². The average molecular weight is 256 g/mol. The van der Waals surface area contributed by atoms with Crippen LogP contribution >= 0.6 is 22.6 Å². The molecule has 1 heterocycles. The molecule has 0 N–H and O–H groups in total. The highest BCUT2D eigenvalue weighted by Gasteiger charge is 2.33. The summed E-state index contributed by atoms with van der Waals surface area (Å²) in [5, 5.41) is 0. The molecule has 0 atom stereocenters. The standard InChI is InChI=1S/C7H13IO2/c1-2-3-7(6-8)9-4-5-10-7/h2-6H2,1H3. The predicted octanol–water partition coefficient (Wildman–Crippen LogP) is 1.96. The van der Waals surface area contributed by atoms with Crippen LogP contribution in [0.1, 0.15) is 19.8 Å². The molecule has 0 unspecified atom stereocenters. The zero-order chi connectivity index (χ0) is 7.45. The molecule has 60 valence electrons. The van der Waals surface area contributed by atoms with Gasteiger partial charge in [-0.15, -0.1) is 0 Å². The molecule has 0 aliphatic carbocycles. The molecule has 0 bridgehead atoms. The van der Waals surface area contributed by atoms with E-state index in [-0.39, 0.29) is 5.79 Å². The summed E-state index contributed by atoms with van der Waals surface area (Å²) in [6, 6.07) is 0. The highest BCUT2D eigenvalue weighted by Crippen LogP contribution is 2.26. The van der Waals surface area contributed by atoms with Gasteiger partial charge in [0, 0.05) is 6.42 Å².